The Morgan fingerprint density at radius 1 is 1.25 bits per heavy atom. The van der Waals surface area contributed by atoms with E-state index in [2.05, 4.69) is 62.6 Å². The molecule has 0 saturated carbocycles. The maximum absolute atomic E-state index is 4.65. The number of aromatic nitrogens is 3. The molecule has 5 rings (SSSR count). The molecule has 24 heavy (non-hydrogen) atoms. The van der Waals surface area contributed by atoms with E-state index in [1.54, 1.807) is 6.33 Å². The molecule has 5 nitrogen and oxygen atoms in total. The minimum Gasteiger partial charge on any atom is -0.384 e. The van der Waals surface area contributed by atoms with Crippen molar-refractivity contribution in [2.24, 2.45) is 0 Å². The number of aryl methyl sites for hydroxylation is 1. The Balaban J connectivity index is 1.56. The summed E-state index contributed by atoms with van der Waals surface area (Å²) >= 11 is 0. The number of aromatic amines is 1. The van der Waals surface area contributed by atoms with Crippen LogP contribution in [0.25, 0.3) is 11.0 Å². The van der Waals surface area contributed by atoms with Gasteiger partial charge in [0.15, 0.2) is 0 Å². The zero-order valence-electron chi connectivity index (χ0n) is 13.8. The normalized spacial score (nSPS) is 22.3. The third-order valence-electron chi connectivity index (χ3n) is 5.68. The molecule has 2 aromatic heterocycles. The molecule has 1 atom stereocenters. The van der Waals surface area contributed by atoms with E-state index in [-0.39, 0.29) is 5.41 Å². The number of hydrogen-bond acceptors (Lipinski definition) is 4. The van der Waals surface area contributed by atoms with Gasteiger partial charge in [0.1, 0.15) is 17.8 Å². The molecule has 3 aromatic rings. The van der Waals surface area contributed by atoms with Gasteiger partial charge in [-0.1, -0.05) is 25.1 Å². The van der Waals surface area contributed by atoms with Gasteiger partial charge in [0.2, 0.25) is 0 Å². The summed E-state index contributed by atoms with van der Waals surface area (Å²) in [6, 6.07) is 8.73. The van der Waals surface area contributed by atoms with Crippen LogP contribution in [0.3, 0.4) is 0 Å². The molecule has 2 aliphatic heterocycles. The molecule has 0 aliphatic carbocycles. The fraction of sp³-hybridized carbons (Fsp3) is 0.368. The number of H-pyrrole nitrogens is 1. The second kappa shape index (κ2) is 4.97. The van der Waals surface area contributed by atoms with Crippen LogP contribution in [0.15, 0.2) is 36.8 Å². The average molecular weight is 319 g/mol. The first-order valence-corrected chi connectivity index (χ1v) is 8.70. The minimum atomic E-state index is 0.205. The van der Waals surface area contributed by atoms with Crippen LogP contribution in [-0.4, -0.2) is 34.6 Å². The molecule has 0 bridgehead atoms. The highest BCUT2D eigenvalue weighted by molar-refractivity contribution is 5.91. The van der Waals surface area contributed by atoms with Gasteiger partial charge in [-0.05, 0) is 30.0 Å². The molecule has 1 saturated heterocycles. The maximum atomic E-state index is 4.65. The molecular formula is C19H21N5. The second-order valence-electron chi connectivity index (χ2n) is 6.94. The Morgan fingerprint density at radius 2 is 2.17 bits per heavy atom. The van der Waals surface area contributed by atoms with E-state index in [1.165, 1.54) is 22.2 Å². The van der Waals surface area contributed by atoms with Crippen LogP contribution in [-0.2, 0) is 11.8 Å². The van der Waals surface area contributed by atoms with E-state index >= 15 is 0 Å². The molecule has 1 spiro atoms. The second-order valence-corrected chi connectivity index (χ2v) is 6.94. The third-order valence-corrected chi connectivity index (χ3v) is 5.68. The first-order chi connectivity index (χ1) is 11.8. The molecule has 4 heterocycles. The molecule has 2 aliphatic rings. The molecule has 1 fully saturated rings. The Kier molecular flexibility index (Phi) is 2.86. The monoisotopic (exact) mass is 319 g/mol. The van der Waals surface area contributed by atoms with Crippen molar-refractivity contribution in [3.05, 3.63) is 47.9 Å². The van der Waals surface area contributed by atoms with Crippen molar-refractivity contribution in [3.8, 4) is 0 Å². The lowest BCUT2D eigenvalue weighted by Gasteiger charge is -2.25. The van der Waals surface area contributed by atoms with Gasteiger partial charge in [-0.15, -0.1) is 0 Å². The van der Waals surface area contributed by atoms with Gasteiger partial charge in [0.05, 0.1) is 5.39 Å². The number of nitrogens with one attached hydrogen (secondary N) is 2. The van der Waals surface area contributed by atoms with Crippen molar-refractivity contribution in [3.63, 3.8) is 0 Å². The first-order valence-electron chi connectivity index (χ1n) is 8.70. The SMILES string of the molecule is CCc1c[nH]c2ncnc(N3CCC4(CNc5ccccc54)C3)c12. The minimum absolute atomic E-state index is 0.205. The van der Waals surface area contributed by atoms with Crippen LogP contribution in [0, 0.1) is 0 Å². The summed E-state index contributed by atoms with van der Waals surface area (Å²) in [5.41, 5.74) is 5.20. The zero-order valence-corrected chi connectivity index (χ0v) is 13.8. The lowest BCUT2D eigenvalue weighted by Crippen LogP contribution is -2.33. The molecule has 2 N–H and O–H groups in total. The topological polar surface area (TPSA) is 56.8 Å². The van der Waals surface area contributed by atoms with E-state index in [0.717, 1.165) is 43.9 Å². The lowest BCUT2D eigenvalue weighted by molar-refractivity contribution is 0.528. The van der Waals surface area contributed by atoms with E-state index in [4.69, 9.17) is 0 Å². The predicted molar refractivity (Wildman–Crippen MR) is 96.7 cm³/mol. The lowest BCUT2D eigenvalue weighted by atomic mass is 9.82. The summed E-state index contributed by atoms with van der Waals surface area (Å²) in [7, 11) is 0. The number of anilines is 2. The zero-order chi connectivity index (χ0) is 16.1. The smallest absolute Gasteiger partial charge is 0.143 e. The largest absolute Gasteiger partial charge is 0.384 e. The number of para-hydroxylation sites is 1. The molecule has 1 aromatic carbocycles. The standard InChI is InChI=1S/C19H21N5/c1-2-13-9-20-17-16(13)18(23-12-22-17)24-8-7-19(11-24)10-21-15-6-4-3-5-14(15)19/h3-6,9,12,21H,2,7-8,10-11H2,1H3,(H,20,22,23). The van der Waals surface area contributed by atoms with E-state index in [1.807, 2.05) is 0 Å². The Hall–Kier alpha value is -2.56. The quantitative estimate of drug-likeness (QED) is 0.762. The predicted octanol–water partition coefficient (Wildman–Crippen LogP) is 3.09. The van der Waals surface area contributed by atoms with Crippen LogP contribution in [0.1, 0.15) is 24.5 Å². The number of nitrogens with zero attached hydrogens (tertiary/aromatic N) is 3. The van der Waals surface area contributed by atoms with Crippen molar-refractivity contribution in [2.75, 3.05) is 29.9 Å². The van der Waals surface area contributed by atoms with E-state index in [0.29, 0.717) is 0 Å². The number of benzene rings is 1. The Labute approximate surface area is 141 Å². The van der Waals surface area contributed by atoms with Crippen LogP contribution in [0.4, 0.5) is 11.5 Å². The Bertz CT molecular complexity index is 915. The summed E-state index contributed by atoms with van der Waals surface area (Å²) < 4.78 is 0. The highest BCUT2D eigenvalue weighted by atomic mass is 15.2. The van der Waals surface area contributed by atoms with E-state index in [9.17, 15) is 0 Å². The van der Waals surface area contributed by atoms with Crippen LogP contribution in [0.5, 0.6) is 0 Å². The van der Waals surface area contributed by atoms with Crippen LogP contribution < -0.4 is 10.2 Å². The summed E-state index contributed by atoms with van der Waals surface area (Å²) in [6.45, 7) is 5.25. The maximum Gasteiger partial charge on any atom is 0.143 e. The fourth-order valence-electron chi connectivity index (χ4n) is 4.40. The summed E-state index contributed by atoms with van der Waals surface area (Å²) in [5.74, 6) is 1.08. The Morgan fingerprint density at radius 3 is 3.08 bits per heavy atom. The first kappa shape index (κ1) is 13.8. The summed E-state index contributed by atoms with van der Waals surface area (Å²) in [6.07, 6.45) is 5.90. The van der Waals surface area contributed by atoms with Crippen molar-refractivity contribution < 1.29 is 0 Å². The average Bonchev–Trinajstić information content (AvgIpc) is 3.33. The van der Waals surface area contributed by atoms with Crippen molar-refractivity contribution in [2.45, 2.75) is 25.2 Å². The highest BCUT2D eigenvalue weighted by Crippen LogP contribution is 2.44. The number of hydrogen-bond donors (Lipinski definition) is 2. The van der Waals surface area contributed by atoms with Crippen LogP contribution >= 0.6 is 0 Å². The molecule has 0 radical (unpaired) electrons. The van der Waals surface area contributed by atoms with Gasteiger partial charge >= 0.3 is 0 Å². The van der Waals surface area contributed by atoms with E-state index < -0.39 is 0 Å². The van der Waals surface area contributed by atoms with Gasteiger partial charge in [-0.25, -0.2) is 9.97 Å². The number of fused-ring (bicyclic) bond motifs is 3. The summed E-state index contributed by atoms with van der Waals surface area (Å²) in [5, 5.41) is 4.79. The van der Waals surface area contributed by atoms with Gasteiger partial charge in [-0.2, -0.15) is 0 Å². The van der Waals surface area contributed by atoms with Crippen molar-refractivity contribution in [1.82, 2.24) is 15.0 Å². The van der Waals surface area contributed by atoms with Gasteiger partial charge in [0.25, 0.3) is 0 Å². The fourth-order valence-corrected chi connectivity index (χ4v) is 4.40. The van der Waals surface area contributed by atoms with Crippen molar-refractivity contribution in [1.29, 1.82) is 0 Å². The van der Waals surface area contributed by atoms with Gasteiger partial charge in [-0.3, -0.25) is 0 Å². The van der Waals surface area contributed by atoms with Gasteiger partial charge in [0, 0.05) is 36.9 Å². The highest BCUT2D eigenvalue weighted by Gasteiger charge is 2.44. The summed E-state index contributed by atoms with van der Waals surface area (Å²) in [4.78, 5) is 14.8. The van der Waals surface area contributed by atoms with Crippen molar-refractivity contribution >= 4 is 22.5 Å². The molecular weight excluding hydrogens is 298 g/mol. The molecule has 5 heteroatoms. The van der Waals surface area contributed by atoms with Crippen LogP contribution in [0.2, 0.25) is 0 Å². The molecule has 0 amide bonds. The third kappa shape index (κ3) is 1.81. The molecule has 122 valence electrons. The molecule has 1 unspecified atom stereocenters. The van der Waals surface area contributed by atoms with Gasteiger partial charge < -0.3 is 15.2 Å². The number of rotatable bonds is 2.